The zero-order valence-electron chi connectivity index (χ0n) is 28.1. The van der Waals surface area contributed by atoms with Gasteiger partial charge in [0.05, 0.1) is 0 Å². The Balaban J connectivity index is 1.10. The number of phenols is 6. The molecule has 260 valence electrons. The van der Waals surface area contributed by atoms with Crippen LogP contribution in [0.5, 0.6) is 34.5 Å². The van der Waals surface area contributed by atoms with Crippen LogP contribution in [0.15, 0.2) is 69.6 Å². The monoisotopic (exact) mass is 667 g/mol. The molecule has 0 saturated heterocycles. The first-order chi connectivity index (χ1) is 23.6. The number of benzene rings is 3. The summed E-state index contributed by atoms with van der Waals surface area (Å²) < 4.78 is 0. The maximum Gasteiger partial charge on any atom is 0.158 e. The van der Waals surface area contributed by atoms with E-state index in [9.17, 15) is 30.6 Å². The van der Waals surface area contributed by atoms with Gasteiger partial charge in [-0.15, -0.1) is 0 Å². The van der Waals surface area contributed by atoms with Crippen LogP contribution in [0.1, 0.15) is 93.7 Å². The Labute approximate surface area is 288 Å². The number of hydrogen-bond acceptors (Lipinski definition) is 9. The van der Waals surface area contributed by atoms with E-state index in [-0.39, 0.29) is 34.5 Å². The van der Waals surface area contributed by atoms with Crippen molar-refractivity contribution in [1.82, 2.24) is 0 Å². The van der Waals surface area contributed by atoms with Gasteiger partial charge in [-0.2, -0.15) is 0 Å². The highest BCUT2D eigenvalue weighted by Crippen LogP contribution is 2.73. The van der Waals surface area contributed by atoms with E-state index in [1.54, 1.807) is 36.8 Å². The molecule has 0 amide bonds. The Kier molecular flexibility index (Phi) is 10.2. The van der Waals surface area contributed by atoms with Gasteiger partial charge in [0.2, 0.25) is 0 Å². The molecule has 4 aliphatic carbocycles. The minimum Gasteiger partial charge on any atom is -0.504 e. The lowest BCUT2D eigenvalue weighted by Gasteiger charge is -2.67. The van der Waals surface area contributed by atoms with Gasteiger partial charge in [0.1, 0.15) is 0 Å². The average Bonchev–Trinajstić information content (AvgIpc) is 3.05. The number of nitrogens with zero attached hydrogens (tertiary/aromatic N) is 3. The molecular formula is C40H49N3O6. The van der Waals surface area contributed by atoms with Gasteiger partial charge >= 0.3 is 0 Å². The highest BCUT2D eigenvalue weighted by Gasteiger charge is 2.61. The van der Waals surface area contributed by atoms with Crippen molar-refractivity contribution in [3.8, 4) is 34.5 Å². The molecule has 0 radical (unpaired) electrons. The van der Waals surface area contributed by atoms with E-state index in [4.69, 9.17) is 0 Å². The van der Waals surface area contributed by atoms with Crippen LogP contribution in [0.25, 0.3) is 0 Å². The van der Waals surface area contributed by atoms with E-state index >= 15 is 0 Å². The molecule has 0 spiro atoms. The first-order valence-electron chi connectivity index (χ1n) is 17.6. The zero-order valence-corrected chi connectivity index (χ0v) is 28.1. The number of aromatic hydroxyl groups is 6. The van der Waals surface area contributed by atoms with E-state index < -0.39 is 0 Å². The van der Waals surface area contributed by atoms with E-state index in [1.807, 2.05) is 0 Å². The second kappa shape index (κ2) is 14.5. The summed E-state index contributed by atoms with van der Waals surface area (Å²) in [5, 5.41) is 58.2. The van der Waals surface area contributed by atoms with Crippen LogP contribution >= 0.6 is 0 Å². The topological polar surface area (TPSA) is 158 Å². The molecule has 6 N–H and O–H groups in total. The highest BCUT2D eigenvalue weighted by atomic mass is 16.3. The van der Waals surface area contributed by atoms with Gasteiger partial charge in [0, 0.05) is 38.3 Å². The maximum absolute atomic E-state index is 9.81. The van der Waals surface area contributed by atoms with Crippen molar-refractivity contribution in [2.45, 2.75) is 77.0 Å². The van der Waals surface area contributed by atoms with Gasteiger partial charge in [-0.1, -0.05) is 0 Å². The normalized spacial score (nSPS) is 26.1. The molecule has 3 aromatic rings. The maximum atomic E-state index is 9.81. The Morgan fingerprint density at radius 3 is 1.06 bits per heavy atom. The molecule has 4 fully saturated rings. The van der Waals surface area contributed by atoms with Crippen molar-refractivity contribution in [2.24, 2.45) is 37.1 Å². The molecule has 9 nitrogen and oxygen atoms in total. The Morgan fingerprint density at radius 2 is 0.776 bits per heavy atom. The predicted octanol–water partition coefficient (Wildman–Crippen LogP) is 7.87. The van der Waals surface area contributed by atoms with E-state index in [0.29, 0.717) is 16.2 Å². The summed E-state index contributed by atoms with van der Waals surface area (Å²) in [7, 11) is 0. The summed E-state index contributed by atoms with van der Waals surface area (Å²) >= 11 is 0. The van der Waals surface area contributed by atoms with Gasteiger partial charge in [-0.05, 0) is 171 Å². The fraction of sp³-hybridized carbons (Fsp3) is 0.475. The molecule has 4 bridgehead atoms. The summed E-state index contributed by atoms with van der Waals surface area (Å²) in [5.74, 6) is -0.0508. The minimum atomic E-state index is -0.135. The lowest BCUT2D eigenvalue weighted by Crippen LogP contribution is -2.57. The van der Waals surface area contributed by atoms with Gasteiger partial charge < -0.3 is 30.6 Å². The lowest BCUT2D eigenvalue weighted by molar-refractivity contribution is -0.168. The van der Waals surface area contributed by atoms with Gasteiger partial charge in [0.25, 0.3) is 0 Å². The number of aliphatic imine (C=N–C) groups is 3. The number of phenolic OH excluding ortho intramolecular Hbond substituents is 6. The van der Waals surface area contributed by atoms with Crippen LogP contribution in [-0.4, -0.2) is 68.9 Å². The third-order valence-corrected chi connectivity index (χ3v) is 11.1. The lowest BCUT2D eigenvalue weighted by atomic mass is 9.37. The SMILES string of the molecule is Oc1ccc(C=NCCCC23CC4CC(CCCN=Cc5ccc(O)c(O)c5)(C2)CC(CCCN=Cc2ccc(O)c(O)c2)(C4)C3)cc1O. The van der Waals surface area contributed by atoms with Crippen molar-refractivity contribution in [1.29, 1.82) is 0 Å². The van der Waals surface area contributed by atoms with Crippen LogP contribution in [0.4, 0.5) is 0 Å². The fourth-order valence-electron chi connectivity index (χ4n) is 9.91. The first kappa shape index (κ1) is 34.3. The van der Waals surface area contributed by atoms with Crippen molar-refractivity contribution >= 4 is 18.6 Å². The van der Waals surface area contributed by atoms with Gasteiger partial charge in [0.15, 0.2) is 34.5 Å². The second-order valence-electron chi connectivity index (χ2n) is 15.2. The van der Waals surface area contributed by atoms with Crippen LogP contribution in [0.3, 0.4) is 0 Å². The number of hydrogen-bond donors (Lipinski definition) is 6. The number of rotatable bonds is 15. The molecule has 49 heavy (non-hydrogen) atoms. The molecule has 4 saturated carbocycles. The van der Waals surface area contributed by atoms with Crippen molar-refractivity contribution < 1.29 is 30.6 Å². The molecule has 9 heteroatoms. The fourth-order valence-corrected chi connectivity index (χ4v) is 9.91. The van der Waals surface area contributed by atoms with Crippen molar-refractivity contribution in [3.05, 3.63) is 71.3 Å². The molecule has 0 aliphatic heterocycles. The molecular weight excluding hydrogens is 618 g/mol. The zero-order chi connectivity index (χ0) is 34.5. The van der Waals surface area contributed by atoms with E-state index in [0.717, 1.165) is 80.8 Å². The molecule has 0 atom stereocenters. The summed E-state index contributed by atoms with van der Waals surface area (Å²) in [5.41, 5.74) is 3.30. The Hall–Kier alpha value is -4.53. The molecule has 4 aliphatic rings. The average molecular weight is 668 g/mol. The van der Waals surface area contributed by atoms with Crippen LogP contribution < -0.4 is 0 Å². The molecule has 3 aromatic carbocycles. The summed E-state index contributed by atoms with van der Waals surface area (Å²) in [6.45, 7) is 2.20. The van der Waals surface area contributed by atoms with Crippen LogP contribution in [0, 0.1) is 22.2 Å². The quantitative estimate of drug-likeness (QED) is 0.0550. The predicted molar refractivity (Wildman–Crippen MR) is 193 cm³/mol. The summed E-state index contributed by atoms with van der Waals surface area (Å²) in [6.07, 6.45) is 19.6. The van der Waals surface area contributed by atoms with Crippen molar-refractivity contribution in [2.75, 3.05) is 19.6 Å². The summed E-state index contributed by atoms with van der Waals surface area (Å²) in [4.78, 5) is 14.0. The molecule has 0 heterocycles. The van der Waals surface area contributed by atoms with Crippen molar-refractivity contribution in [3.63, 3.8) is 0 Å². The summed E-state index contributed by atoms with van der Waals surface area (Å²) in [6, 6.07) is 14.3. The molecule has 0 unspecified atom stereocenters. The second-order valence-corrected chi connectivity index (χ2v) is 15.2. The highest BCUT2D eigenvalue weighted by molar-refractivity contribution is 5.81. The Bertz CT molecular complexity index is 1510. The smallest absolute Gasteiger partial charge is 0.158 e. The standard InChI is InChI=1S/C40H49N3O6/c44-32-7-4-28(16-35(32)47)22-41-13-1-10-38-19-31-20-39(25-38,11-2-14-42-23-29-5-8-33(45)36(48)17-29)27-40(21-31,26-38)12-3-15-43-24-30-6-9-34(46)37(49)18-30/h4-9,16-18,22-24,31,44-49H,1-3,10-15,19-21,25-27H2. The van der Waals surface area contributed by atoms with Crippen LogP contribution in [0.2, 0.25) is 0 Å². The molecule has 7 rings (SSSR count). The minimum absolute atomic E-state index is 0.129. The Morgan fingerprint density at radius 1 is 0.469 bits per heavy atom. The van der Waals surface area contributed by atoms with Crippen LogP contribution in [-0.2, 0) is 0 Å². The van der Waals surface area contributed by atoms with E-state index in [2.05, 4.69) is 15.0 Å². The third kappa shape index (κ3) is 8.38. The van der Waals surface area contributed by atoms with Gasteiger partial charge in [-0.25, -0.2) is 0 Å². The first-order valence-corrected chi connectivity index (χ1v) is 17.6. The molecule has 0 aromatic heterocycles. The van der Waals surface area contributed by atoms with E-state index in [1.165, 1.54) is 74.9 Å². The largest absolute Gasteiger partial charge is 0.504 e. The van der Waals surface area contributed by atoms with Gasteiger partial charge in [-0.3, -0.25) is 15.0 Å². The third-order valence-electron chi connectivity index (χ3n) is 11.1.